The molecule has 11 heteroatoms. The topological polar surface area (TPSA) is 77.1 Å². The first-order chi connectivity index (χ1) is 16.7. The number of benzene rings is 1. The third kappa shape index (κ3) is 4.07. The molecule has 1 aromatic carbocycles. The molecule has 1 atom stereocenters. The highest BCUT2D eigenvalue weighted by molar-refractivity contribution is 6.28. The van der Waals surface area contributed by atoms with E-state index in [2.05, 4.69) is 20.3 Å². The van der Waals surface area contributed by atoms with Crippen molar-refractivity contribution in [3.63, 3.8) is 0 Å². The molecule has 1 N–H and O–H groups in total. The van der Waals surface area contributed by atoms with Gasteiger partial charge in [-0.25, -0.2) is 13.2 Å². The summed E-state index contributed by atoms with van der Waals surface area (Å²) in [5.41, 5.74) is 1.57. The van der Waals surface area contributed by atoms with Crippen molar-refractivity contribution in [2.45, 2.75) is 25.9 Å². The van der Waals surface area contributed by atoms with E-state index in [9.17, 15) is 18.0 Å². The number of aromatic nitrogens is 4. The van der Waals surface area contributed by atoms with Gasteiger partial charge in [0.2, 0.25) is 10.8 Å². The molecule has 1 unspecified atom stereocenters. The van der Waals surface area contributed by atoms with Gasteiger partial charge in [-0.05, 0) is 30.7 Å². The number of alkyl halides is 2. The number of aryl methyl sites for hydroxylation is 1. The van der Waals surface area contributed by atoms with Crippen molar-refractivity contribution in [2.75, 3.05) is 11.9 Å². The molecule has 3 aliphatic heterocycles. The molecule has 35 heavy (non-hydrogen) atoms. The molecule has 0 saturated heterocycles. The minimum Gasteiger partial charge on any atom is -0.369 e. The fourth-order valence-corrected chi connectivity index (χ4v) is 4.46. The van der Waals surface area contributed by atoms with Crippen LogP contribution < -0.4 is 16.4 Å². The highest BCUT2D eigenvalue weighted by Gasteiger charge is 2.25. The van der Waals surface area contributed by atoms with E-state index >= 15 is 0 Å². The first kappa shape index (κ1) is 23.1. The van der Waals surface area contributed by atoms with E-state index in [1.807, 2.05) is 10.6 Å². The molecule has 0 amide bonds. The molecule has 0 aliphatic carbocycles. The van der Waals surface area contributed by atoms with Crippen LogP contribution in [0.2, 0.25) is 5.28 Å². The lowest BCUT2D eigenvalue weighted by Crippen LogP contribution is -2.20. The van der Waals surface area contributed by atoms with Crippen LogP contribution in [0, 0.1) is 5.82 Å². The van der Waals surface area contributed by atoms with Crippen LogP contribution in [0.4, 0.5) is 19.0 Å². The predicted octanol–water partition coefficient (Wildman–Crippen LogP) is 4.57. The quantitative estimate of drug-likeness (QED) is 0.417. The summed E-state index contributed by atoms with van der Waals surface area (Å²) in [6.45, 7) is 2.87. The molecule has 5 rings (SSSR count). The Balaban J connectivity index is 1.74. The smallest absolute Gasteiger partial charge is 0.266 e. The van der Waals surface area contributed by atoms with Gasteiger partial charge in [-0.15, -0.1) is 0 Å². The van der Waals surface area contributed by atoms with Gasteiger partial charge < -0.3 is 14.5 Å². The summed E-state index contributed by atoms with van der Waals surface area (Å²) in [7, 11) is 1.67. The third-order valence-electron chi connectivity index (χ3n) is 6.03. The Hall–Kier alpha value is -3.66. The Morgan fingerprint density at radius 3 is 2.66 bits per heavy atom. The molecule has 0 fully saturated rings. The van der Waals surface area contributed by atoms with Crippen molar-refractivity contribution < 1.29 is 13.2 Å². The Morgan fingerprint density at radius 1 is 1.14 bits per heavy atom. The van der Waals surface area contributed by atoms with E-state index in [1.165, 1.54) is 22.8 Å². The van der Waals surface area contributed by atoms with E-state index in [1.54, 1.807) is 26.2 Å². The van der Waals surface area contributed by atoms with Crippen LogP contribution in [0.25, 0.3) is 22.5 Å². The Morgan fingerprint density at radius 2 is 1.91 bits per heavy atom. The summed E-state index contributed by atoms with van der Waals surface area (Å²) in [4.78, 5) is 25.1. The first-order valence-electron chi connectivity index (χ1n) is 10.9. The van der Waals surface area contributed by atoms with Crippen molar-refractivity contribution in [3.8, 4) is 22.5 Å². The minimum atomic E-state index is -2.94. The molecular weight excluding hydrogens is 481 g/mol. The predicted molar refractivity (Wildman–Crippen MR) is 126 cm³/mol. The number of fused-ring (bicyclic) bond motifs is 3. The van der Waals surface area contributed by atoms with Crippen molar-refractivity contribution in [3.05, 3.63) is 80.7 Å². The van der Waals surface area contributed by atoms with E-state index in [-0.39, 0.29) is 21.9 Å². The van der Waals surface area contributed by atoms with Crippen molar-refractivity contribution >= 4 is 17.4 Å². The largest absolute Gasteiger partial charge is 0.369 e. The SMILES string of the molecule is CC(N=c1nc(Cl)nc2n3c(c(-c4ccc(=O)n(C)c4)cc1-2)NCC3)c1cccc(C(F)F)c1F. The van der Waals surface area contributed by atoms with Gasteiger partial charge in [-0.1, -0.05) is 18.2 Å². The summed E-state index contributed by atoms with van der Waals surface area (Å²) >= 11 is 6.22. The fourth-order valence-electron chi connectivity index (χ4n) is 4.30. The third-order valence-corrected chi connectivity index (χ3v) is 6.20. The Kier molecular flexibility index (Phi) is 5.84. The molecular formula is C24H20ClF3N6O. The lowest BCUT2D eigenvalue weighted by molar-refractivity contribution is 0.146. The van der Waals surface area contributed by atoms with E-state index in [0.29, 0.717) is 24.5 Å². The van der Waals surface area contributed by atoms with E-state index < -0.39 is 23.8 Å². The summed E-state index contributed by atoms with van der Waals surface area (Å²) in [5.74, 6) is 0.348. The lowest BCUT2D eigenvalue weighted by Gasteiger charge is -2.18. The minimum absolute atomic E-state index is 0.0273. The molecule has 7 nitrogen and oxygen atoms in total. The maximum atomic E-state index is 14.8. The van der Waals surface area contributed by atoms with Crippen LogP contribution in [0.1, 0.15) is 30.5 Å². The van der Waals surface area contributed by atoms with Gasteiger partial charge in [0.25, 0.3) is 6.43 Å². The number of nitrogens with one attached hydrogen (secondary N) is 1. The first-order valence-corrected chi connectivity index (χ1v) is 11.2. The van der Waals surface area contributed by atoms with Gasteiger partial charge in [0, 0.05) is 49.1 Å². The van der Waals surface area contributed by atoms with E-state index in [0.717, 1.165) is 23.0 Å². The molecule has 0 radical (unpaired) electrons. The van der Waals surface area contributed by atoms with Crippen molar-refractivity contribution in [1.82, 2.24) is 19.1 Å². The maximum Gasteiger partial charge on any atom is 0.266 e. The van der Waals surface area contributed by atoms with Gasteiger partial charge in [-0.3, -0.25) is 9.79 Å². The highest BCUT2D eigenvalue weighted by Crippen LogP contribution is 2.36. The zero-order valence-corrected chi connectivity index (χ0v) is 19.5. The summed E-state index contributed by atoms with van der Waals surface area (Å²) in [5, 5.41) is 3.30. The summed E-state index contributed by atoms with van der Waals surface area (Å²) in [6, 6.07) is 8.09. The van der Waals surface area contributed by atoms with Crippen LogP contribution in [0.3, 0.4) is 0 Å². The molecule has 0 bridgehead atoms. The van der Waals surface area contributed by atoms with Crippen molar-refractivity contribution in [1.29, 1.82) is 0 Å². The van der Waals surface area contributed by atoms with Crippen LogP contribution in [-0.4, -0.2) is 25.6 Å². The molecule has 4 heterocycles. The van der Waals surface area contributed by atoms with Gasteiger partial charge in [0.05, 0.1) is 17.2 Å². The zero-order valence-electron chi connectivity index (χ0n) is 18.8. The van der Waals surface area contributed by atoms with Gasteiger partial charge in [-0.2, -0.15) is 9.97 Å². The fraction of sp³-hybridized carbons (Fsp3) is 0.250. The van der Waals surface area contributed by atoms with Gasteiger partial charge >= 0.3 is 0 Å². The van der Waals surface area contributed by atoms with E-state index in [4.69, 9.17) is 11.6 Å². The molecule has 2 aromatic rings. The Bertz CT molecular complexity index is 1550. The van der Waals surface area contributed by atoms with Crippen LogP contribution in [-0.2, 0) is 13.6 Å². The summed E-state index contributed by atoms with van der Waals surface area (Å²) in [6.07, 6.45) is -1.21. The number of anilines is 1. The standard InChI is InChI=1S/C24H20ClF3N6O/c1-12(14-4-3-5-15(19(14)26)20(27)28)30-21-17-10-16(13-6-7-18(35)33(2)11-13)22-29-8-9-34(22)23(17)32-24(25)31-21/h3-7,10-12,20,29H,8-9H2,1-2H3. The normalized spacial score (nSPS) is 14.4. The van der Waals surface area contributed by atoms with Crippen LogP contribution in [0.15, 0.2) is 52.4 Å². The number of pyridine rings is 2. The number of halogens is 4. The second kappa shape index (κ2) is 8.84. The molecule has 1 aromatic heterocycles. The second-order valence-electron chi connectivity index (χ2n) is 8.26. The average Bonchev–Trinajstić information content (AvgIpc) is 3.31. The number of nitrogens with zero attached hydrogens (tertiary/aromatic N) is 5. The zero-order chi connectivity index (χ0) is 24.9. The molecule has 0 spiro atoms. The summed E-state index contributed by atoms with van der Waals surface area (Å²) < 4.78 is 44.6. The number of hydrogen-bond acceptors (Lipinski definition) is 5. The van der Waals surface area contributed by atoms with Crippen LogP contribution >= 0.6 is 11.6 Å². The lowest BCUT2D eigenvalue weighted by atomic mass is 10.0. The highest BCUT2D eigenvalue weighted by atomic mass is 35.5. The molecule has 0 saturated carbocycles. The van der Waals surface area contributed by atoms with Crippen molar-refractivity contribution in [2.24, 2.45) is 12.0 Å². The molecule has 3 aliphatic rings. The maximum absolute atomic E-state index is 14.8. The van der Waals surface area contributed by atoms with Gasteiger partial charge in [0.15, 0.2) is 5.49 Å². The number of hydrogen-bond donors (Lipinski definition) is 1. The average molecular weight is 501 g/mol. The molecule has 180 valence electrons. The number of rotatable bonds is 4. The van der Waals surface area contributed by atoms with Crippen LogP contribution in [0.5, 0.6) is 0 Å². The Labute approximate surface area is 202 Å². The monoisotopic (exact) mass is 500 g/mol. The van der Waals surface area contributed by atoms with Gasteiger partial charge in [0.1, 0.15) is 17.5 Å². The second-order valence-corrected chi connectivity index (χ2v) is 8.60.